The average Bonchev–Trinajstić information content (AvgIpc) is 2.60. The summed E-state index contributed by atoms with van der Waals surface area (Å²) < 4.78 is 5.25. The highest BCUT2D eigenvalue weighted by Gasteiger charge is 2.24. The van der Waals surface area contributed by atoms with Crippen LogP contribution in [0.2, 0.25) is 0 Å². The molecule has 22 heavy (non-hydrogen) atoms. The fourth-order valence-corrected chi connectivity index (χ4v) is 2.79. The quantitative estimate of drug-likeness (QED) is 0.854. The van der Waals surface area contributed by atoms with Crippen molar-refractivity contribution in [2.45, 2.75) is 12.8 Å². The number of anilines is 1. The Morgan fingerprint density at radius 3 is 2.91 bits per heavy atom. The summed E-state index contributed by atoms with van der Waals surface area (Å²) >= 11 is 0. The summed E-state index contributed by atoms with van der Waals surface area (Å²) in [5, 5.41) is 8.98. The van der Waals surface area contributed by atoms with E-state index in [4.69, 9.17) is 10.00 Å². The Balaban J connectivity index is 1.96. The minimum atomic E-state index is -0.0665. The van der Waals surface area contributed by atoms with Gasteiger partial charge in [-0.25, -0.2) is 0 Å². The summed E-state index contributed by atoms with van der Waals surface area (Å²) in [4.78, 5) is 14.6. The smallest absolute Gasteiger partial charge is 0.258 e. The van der Waals surface area contributed by atoms with Crippen molar-refractivity contribution in [3.63, 3.8) is 0 Å². The fourth-order valence-electron chi connectivity index (χ4n) is 2.79. The van der Waals surface area contributed by atoms with Crippen LogP contribution >= 0.6 is 0 Å². The van der Waals surface area contributed by atoms with E-state index in [0.29, 0.717) is 17.7 Å². The van der Waals surface area contributed by atoms with Crippen LogP contribution in [0.3, 0.4) is 0 Å². The topological polar surface area (TPSA) is 53.3 Å². The average molecular weight is 292 g/mol. The van der Waals surface area contributed by atoms with Gasteiger partial charge in [-0.05, 0) is 54.8 Å². The second-order valence-electron chi connectivity index (χ2n) is 5.25. The van der Waals surface area contributed by atoms with E-state index in [2.05, 4.69) is 6.07 Å². The summed E-state index contributed by atoms with van der Waals surface area (Å²) in [5.74, 6) is 0.739. The van der Waals surface area contributed by atoms with Crippen LogP contribution in [-0.2, 0) is 6.42 Å². The highest BCUT2D eigenvalue weighted by atomic mass is 16.5. The molecule has 4 heteroatoms. The van der Waals surface area contributed by atoms with Crippen molar-refractivity contribution in [1.82, 2.24) is 0 Å². The summed E-state index contributed by atoms with van der Waals surface area (Å²) in [6, 6.07) is 14.7. The largest absolute Gasteiger partial charge is 0.497 e. The summed E-state index contributed by atoms with van der Waals surface area (Å²) in [6.07, 6.45) is 1.86. The third-order valence-corrected chi connectivity index (χ3v) is 3.89. The van der Waals surface area contributed by atoms with Gasteiger partial charge in [0, 0.05) is 17.8 Å². The first kappa shape index (κ1) is 14.2. The molecular weight excluding hydrogens is 276 g/mol. The number of hydrogen-bond donors (Lipinski definition) is 0. The number of benzene rings is 2. The van der Waals surface area contributed by atoms with E-state index in [1.165, 1.54) is 0 Å². The summed E-state index contributed by atoms with van der Waals surface area (Å²) in [6.45, 7) is 0.689. The first-order valence-corrected chi connectivity index (χ1v) is 7.22. The van der Waals surface area contributed by atoms with Crippen LogP contribution in [-0.4, -0.2) is 19.6 Å². The van der Waals surface area contributed by atoms with Crippen LogP contribution in [0.5, 0.6) is 5.75 Å². The SMILES string of the molecule is COc1ccc2c(c1)CCCN2C(=O)c1cccc(C#N)c1. The predicted octanol–water partition coefficient (Wildman–Crippen LogP) is 3.16. The Morgan fingerprint density at radius 2 is 2.14 bits per heavy atom. The number of methoxy groups -OCH3 is 1. The van der Waals surface area contributed by atoms with E-state index in [0.717, 1.165) is 29.8 Å². The molecule has 1 aliphatic heterocycles. The van der Waals surface area contributed by atoms with Gasteiger partial charge in [0.1, 0.15) is 5.75 Å². The van der Waals surface area contributed by atoms with Crippen molar-refractivity contribution in [2.75, 3.05) is 18.6 Å². The zero-order valence-electron chi connectivity index (χ0n) is 12.4. The van der Waals surface area contributed by atoms with Crippen molar-refractivity contribution >= 4 is 11.6 Å². The molecule has 0 bridgehead atoms. The van der Waals surface area contributed by atoms with Crippen LogP contribution < -0.4 is 9.64 Å². The molecule has 0 spiro atoms. The Morgan fingerprint density at radius 1 is 1.27 bits per heavy atom. The zero-order valence-corrected chi connectivity index (χ0v) is 12.4. The molecule has 1 aliphatic rings. The maximum absolute atomic E-state index is 12.8. The van der Waals surface area contributed by atoms with Crippen molar-refractivity contribution in [3.8, 4) is 11.8 Å². The van der Waals surface area contributed by atoms with E-state index >= 15 is 0 Å². The maximum Gasteiger partial charge on any atom is 0.258 e. The number of aryl methyl sites for hydroxylation is 1. The number of nitrogens with zero attached hydrogens (tertiary/aromatic N) is 2. The molecule has 0 fully saturated rings. The summed E-state index contributed by atoms with van der Waals surface area (Å²) in [7, 11) is 1.64. The van der Waals surface area contributed by atoms with Gasteiger partial charge in [0.25, 0.3) is 5.91 Å². The molecule has 0 saturated heterocycles. The molecule has 0 aliphatic carbocycles. The molecule has 0 unspecified atom stereocenters. The lowest BCUT2D eigenvalue weighted by atomic mass is 10.00. The second-order valence-corrected chi connectivity index (χ2v) is 5.25. The zero-order chi connectivity index (χ0) is 15.5. The van der Waals surface area contributed by atoms with E-state index in [1.807, 2.05) is 18.2 Å². The van der Waals surface area contributed by atoms with Crippen LogP contribution in [0.4, 0.5) is 5.69 Å². The Labute approximate surface area is 129 Å². The number of nitriles is 1. The fraction of sp³-hybridized carbons (Fsp3) is 0.222. The molecule has 0 atom stereocenters. The Kier molecular flexibility index (Phi) is 3.80. The summed E-state index contributed by atoms with van der Waals surface area (Å²) in [5.41, 5.74) is 3.09. The molecule has 3 rings (SSSR count). The van der Waals surface area contributed by atoms with E-state index in [-0.39, 0.29) is 5.91 Å². The molecule has 1 amide bonds. The maximum atomic E-state index is 12.8. The van der Waals surface area contributed by atoms with E-state index < -0.39 is 0 Å². The monoisotopic (exact) mass is 292 g/mol. The molecule has 2 aromatic rings. The van der Waals surface area contributed by atoms with Gasteiger partial charge in [-0.3, -0.25) is 4.79 Å². The third-order valence-electron chi connectivity index (χ3n) is 3.89. The van der Waals surface area contributed by atoms with Gasteiger partial charge in [0.05, 0.1) is 18.7 Å². The molecule has 4 nitrogen and oxygen atoms in total. The minimum absolute atomic E-state index is 0.0665. The number of carbonyl (C=O) groups excluding carboxylic acids is 1. The van der Waals surface area contributed by atoms with Crippen LogP contribution in [0.15, 0.2) is 42.5 Å². The highest BCUT2D eigenvalue weighted by molar-refractivity contribution is 6.07. The van der Waals surface area contributed by atoms with Crippen LogP contribution in [0.25, 0.3) is 0 Å². The van der Waals surface area contributed by atoms with Crippen molar-refractivity contribution in [2.24, 2.45) is 0 Å². The first-order chi connectivity index (χ1) is 10.7. The Bertz CT molecular complexity index is 762. The van der Waals surface area contributed by atoms with Crippen LogP contribution in [0.1, 0.15) is 27.9 Å². The van der Waals surface area contributed by atoms with Crippen molar-refractivity contribution < 1.29 is 9.53 Å². The van der Waals surface area contributed by atoms with Gasteiger partial charge in [0.2, 0.25) is 0 Å². The van der Waals surface area contributed by atoms with Crippen molar-refractivity contribution in [1.29, 1.82) is 5.26 Å². The molecule has 0 radical (unpaired) electrons. The number of rotatable bonds is 2. The van der Waals surface area contributed by atoms with E-state index in [1.54, 1.807) is 36.3 Å². The standard InChI is InChI=1S/C18H16N2O2/c1-22-16-7-8-17-14(11-16)6-3-9-20(17)18(21)15-5-2-4-13(10-15)12-19/h2,4-5,7-8,10-11H,3,6,9H2,1H3. The Hall–Kier alpha value is -2.80. The highest BCUT2D eigenvalue weighted by Crippen LogP contribution is 2.31. The lowest BCUT2D eigenvalue weighted by Gasteiger charge is -2.30. The number of amides is 1. The lowest BCUT2D eigenvalue weighted by Crippen LogP contribution is -2.35. The second kappa shape index (κ2) is 5.90. The molecular formula is C18H16N2O2. The predicted molar refractivity (Wildman–Crippen MR) is 84.1 cm³/mol. The molecule has 0 N–H and O–H groups in total. The molecule has 1 heterocycles. The third kappa shape index (κ3) is 2.53. The molecule has 2 aromatic carbocycles. The van der Waals surface area contributed by atoms with Gasteiger partial charge in [-0.2, -0.15) is 5.26 Å². The minimum Gasteiger partial charge on any atom is -0.497 e. The number of ether oxygens (including phenoxy) is 1. The molecule has 110 valence electrons. The van der Waals surface area contributed by atoms with Crippen LogP contribution in [0, 0.1) is 11.3 Å². The van der Waals surface area contributed by atoms with Gasteiger partial charge in [-0.1, -0.05) is 6.07 Å². The van der Waals surface area contributed by atoms with Gasteiger partial charge in [0.15, 0.2) is 0 Å². The van der Waals surface area contributed by atoms with Gasteiger partial charge in [-0.15, -0.1) is 0 Å². The number of hydrogen-bond acceptors (Lipinski definition) is 3. The van der Waals surface area contributed by atoms with Gasteiger partial charge >= 0.3 is 0 Å². The lowest BCUT2D eigenvalue weighted by molar-refractivity contribution is 0.0985. The van der Waals surface area contributed by atoms with Crippen molar-refractivity contribution in [3.05, 3.63) is 59.2 Å². The van der Waals surface area contributed by atoms with E-state index in [9.17, 15) is 4.79 Å². The normalized spacial score (nSPS) is 13.2. The first-order valence-electron chi connectivity index (χ1n) is 7.22. The van der Waals surface area contributed by atoms with Gasteiger partial charge < -0.3 is 9.64 Å². The molecule has 0 saturated carbocycles. The number of fused-ring (bicyclic) bond motifs is 1. The number of carbonyl (C=O) groups is 1. The molecule has 0 aromatic heterocycles.